The summed E-state index contributed by atoms with van der Waals surface area (Å²) in [5.41, 5.74) is 0.938. The monoisotopic (exact) mass is 105 g/mol. The zero-order chi connectivity index (χ0) is 5.82. The van der Waals surface area contributed by atoms with Gasteiger partial charge in [0, 0.05) is 5.69 Å². The summed E-state index contributed by atoms with van der Waals surface area (Å²) in [6.45, 7) is 0. The number of benzene rings is 1. The minimum Gasteiger partial charge on any atom is -0.378 e. The van der Waals surface area contributed by atoms with Gasteiger partial charge >= 0.3 is 0 Å². The van der Waals surface area contributed by atoms with Gasteiger partial charge < -0.3 is 5.32 Å². The summed E-state index contributed by atoms with van der Waals surface area (Å²) in [7, 11) is 5.10. The van der Waals surface area contributed by atoms with Crippen molar-refractivity contribution >= 4 is 5.69 Å². The molecule has 0 spiro atoms. The number of nitrogens with one attached hydrogen (secondary N) is 1. The lowest BCUT2D eigenvalue weighted by atomic mass is 10.3. The largest absolute Gasteiger partial charge is 0.378 e. The predicted molar refractivity (Wildman–Crippen MR) is 34.4 cm³/mol. The van der Waals surface area contributed by atoms with E-state index in [0.29, 0.717) is 0 Å². The van der Waals surface area contributed by atoms with Crippen molar-refractivity contribution in [1.29, 1.82) is 0 Å². The first kappa shape index (κ1) is 5.16. The van der Waals surface area contributed by atoms with Crippen LogP contribution in [0.2, 0.25) is 0 Å². The number of hydrogen-bond donors (Lipinski definition) is 1. The molecule has 1 aromatic carbocycles. The van der Waals surface area contributed by atoms with Crippen molar-refractivity contribution in [1.82, 2.24) is 0 Å². The first-order valence-electron chi connectivity index (χ1n) is 2.45. The van der Waals surface area contributed by atoms with E-state index in [1.165, 1.54) is 0 Å². The summed E-state index contributed by atoms with van der Waals surface area (Å²) in [5.74, 6) is 0. The van der Waals surface area contributed by atoms with Crippen LogP contribution in [0.5, 0.6) is 0 Å². The van der Waals surface area contributed by atoms with E-state index < -0.39 is 0 Å². The van der Waals surface area contributed by atoms with Gasteiger partial charge in [0.05, 0.1) is 7.05 Å². The van der Waals surface area contributed by atoms with Crippen LogP contribution in [-0.4, -0.2) is 0 Å². The molecule has 0 saturated heterocycles. The second kappa shape index (κ2) is 2.36. The van der Waals surface area contributed by atoms with E-state index in [-0.39, 0.29) is 0 Å². The standard InChI is InChI=1S/C7H7N/c1-8-7-5-3-2-4-6-7/h1-6,8H. The van der Waals surface area contributed by atoms with Crippen LogP contribution in [0.4, 0.5) is 5.69 Å². The van der Waals surface area contributed by atoms with E-state index in [1.54, 1.807) is 0 Å². The molecule has 2 radical (unpaired) electrons. The maximum atomic E-state index is 5.10. The molecule has 0 atom stereocenters. The highest BCUT2D eigenvalue weighted by molar-refractivity contribution is 5.42. The summed E-state index contributed by atoms with van der Waals surface area (Å²) in [5, 5.41) is 2.53. The highest BCUT2D eigenvalue weighted by atomic mass is 14.8. The van der Waals surface area contributed by atoms with E-state index in [9.17, 15) is 0 Å². The first-order valence-corrected chi connectivity index (χ1v) is 2.45. The van der Waals surface area contributed by atoms with Gasteiger partial charge in [0.2, 0.25) is 0 Å². The van der Waals surface area contributed by atoms with Crippen LogP contribution < -0.4 is 5.32 Å². The fourth-order valence-electron chi connectivity index (χ4n) is 0.534. The number of rotatable bonds is 1. The Morgan fingerprint density at radius 1 is 1.12 bits per heavy atom. The average molecular weight is 105 g/mol. The van der Waals surface area contributed by atoms with E-state index >= 15 is 0 Å². The summed E-state index contributed by atoms with van der Waals surface area (Å²) in [4.78, 5) is 0. The molecule has 1 aromatic rings. The van der Waals surface area contributed by atoms with Gasteiger partial charge in [-0.15, -0.1) is 0 Å². The third-order valence-electron chi connectivity index (χ3n) is 0.940. The van der Waals surface area contributed by atoms with Crippen LogP contribution in [0.25, 0.3) is 0 Å². The van der Waals surface area contributed by atoms with Crippen molar-refractivity contribution in [3.05, 3.63) is 37.4 Å². The summed E-state index contributed by atoms with van der Waals surface area (Å²) in [6, 6.07) is 9.60. The molecule has 0 aliphatic heterocycles. The Morgan fingerprint density at radius 3 is 2.12 bits per heavy atom. The van der Waals surface area contributed by atoms with Gasteiger partial charge in [-0.1, -0.05) is 18.2 Å². The molecule has 0 aromatic heterocycles. The lowest BCUT2D eigenvalue weighted by Gasteiger charge is -1.93. The Hall–Kier alpha value is -0.980. The molecule has 0 heterocycles. The minimum atomic E-state index is 0.938. The van der Waals surface area contributed by atoms with Crippen LogP contribution in [0, 0.1) is 7.05 Å². The van der Waals surface area contributed by atoms with Crippen molar-refractivity contribution in [2.24, 2.45) is 0 Å². The summed E-state index contributed by atoms with van der Waals surface area (Å²) in [6.07, 6.45) is 0. The van der Waals surface area contributed by atoms with E-state index in [1.807, 2.05) is 30.3 Å². The molecule has 40 valence electrons. The van der Waals surface area contributed by atoms with Crippen LogP contribution in [0.15, 0.2) is 30.3 Å². The minimum absolute atomic E-state index is 0.938. The van der Waals surface area contributed by atoms with Crippen molar-refractivity contribution in [3.8, 4) is 0 Å². The molecular formula is C7H7N. The molecule has 1 rings (SSSR count). The Bertz CT molecular complexity index is 146. The smallest absolute Gasteiger partial charge is 0.0705 e. The van der Waals surface area contributed by atoms with Crippen molar-refractivity contribution in [2.75, 3.05) is 5.32 Å². The fraction of sp³-hybridized carbons (Fsp3) is 0. The Labute approximate surface area is 49.3 Å². The SMILES string of the molecule is [CH]Nc1ccccc1. The predicted octanol–water partition coefficient (Wildman–Crippen LogP) is 1.77. The van der Waals surface area contributed by atoms with Crippen LogP contribution in [0.1, 0.15) is 0 Å². The Balaban J connectivity index is 2.83. The lowest BCUT2D eigenvalue weighted by Crippen LogP contribution is -1.80. The quantitative estimate of drug-likeness (QED) is 0.536. The third kappa shape index (κ3) is 0.997. The van der Waals surface area contributed by atoms with Gasteiger partial charge in [-0.3, -0.25) is 0 Å². The summed E-state index contributed by atoms with van der Waals surface area (Å²) >= 11 is 0. The van der Waals surface area contributed by atoms with Crippen molar-refractivity contribution < 1.29 is 0 Å². The maximum absolute atomic E-state index is 5.10. The molecule has 0 fully saturated rings. The van der Waals surface area contributed by atoms with Crippen molar-refractivity contribution in [3.63, 3.8) is 0 Å². The zero-order valence-corrected chi connectivity index (χ0v) is 4.46. The van der Waals surface area contributed by atoms with Crippen LogP contribution in [0.3, 0.4) is 0 Å². The van der Waals surface area contributed by atoms with Crippen LogP contribution >= 0.6 is 0 Å². The van der Waals surface area contributed by atoms with Crippen molar-refractivity contribution in [2.45, 2.75) is 0 Å². The molecule has 0 aliphatic rings. The molecular weight excluding hydrogens is 98.1 g/mol. The summed E-state index contributed by atoms with van der Waals surface area (Å²) < 4.78 is 0. The van der Waals surface area contributed by atoms with Gasteiger partial charge in [-0.2, -0.15) is 0 Å². The Kier molecular flexibility index (Phi) is 1.52. The van der Waals surface area contributed by atoms with Gasteiger partial charge in [0.1, 0.15) is 0 Å². The number of para-hydroxylation sites is 1. The molecule has 1 heteroatoms. The second-order valence-corrected chi connectivity index (χ2v) is 1.51. The van der Waals surface area contributed by atoms with Crippen LogP contribution in [-0.2, 0) is 0 Å². The lowest BCUT2D eigenvalue weighted by molar-refractivity contribution is 1.59. The normalized spacial score (nSPS) is 8.62. The fourth-order valence-corrected chi connectivity index (χ4v) is 0.534. The molecule has 1 nitrogen and oxygen atoms in total. The van der Waals surface area contributed by atoms with E-state index in [0.717, 1.165) is 5.69 Å². The molecule has 1 N–H and O–H groups in total. The average Bonchev–Trinajstić information content (AvgIpc) is 1.90. The Morgan fingerprint density at radius 2 is 1.75 bits per heavy atom. The number of anilines is 1. The molecule has 0 unspecified atom stereocenters. The zero-order valence-electron chi connectivity index (χ0n) is 4.46. The molecule has 0 bridgehead atoms. The number of hydrogen-bond acceptors (Lipinski definition) is 1. The van der Waals surface area contributed by atoms with Gasteiger partial charge in [0.15, 0.2) is 0 Å². The molecule has 0 aliphatic carbocycles. The molecule has 8 heavy (non-hydrogen) atoms. The van der Waals surface area contributed by atoms with E-state index in [4.69, 9.17) is 7.05 Å². The van der Waals surface area contributed by atoms with E-state index in [2.05, 4.69) is 5.32 Å². The topological polar surface area (TPSA) is 12.0 Å². The van der Waals surface area contributed by atoms with Gasteiger partial charge in [0.25, 0.3) is 0 Å². The first-order chi connectivity index (χ1) is 3.93. The maximum Gasteiger partial charge on any atom is 0.0705 e. The van der Waals surface area contributed by atoms with Gasteiger partial charge in [-0.25, -0.2) is 0 Å². The molecule has 0 saturated carbocycles. The van der Waals surface area contributed by atoms with Gasteiger partial charge in [-0.05, 0) is 12.1 Å². The highest BCUT2D eigenvalue weighted by Crippen LogP contribution is 2.02. The third-order valence-corrected chi connectivity index (χ3v) is 0.940. The highest BCUT2D eigenvalue weighted by Gasteiger charge is 1.78. The second-order valence-electron chi connectivity index (χ2n) is 1.51. The molecule has 0 amide bonds.